The first-order valence-corrected chi connectivity index (χ1v) is 8.05. The van der Waals surface area contributed by atoms with Crippen molar-refractivity contribution in [3.63, 3.8) is 0 Å². The minimum absolute atomic E-state index is 0.000339. The van der Waals surface area contributed by atoms with Crippen LogP contribution in [0.3, 0.4) is 0 Å². The third-order valence-electron chi connectivity index (χ3n) is 5.11. The highest BCUT2D eigenvalue weighted by atomic mass is 16.5. The molecule has 0 radical (unpaired) electrons. The van der Waals surface area contributed by atoms with E-state index in [2.05, 4.69) is 15.3 Å². The molecule has 0 aliphatic carbocycles. The van der Waals surface area contributed by atoms with Crippen LogP contribution in [0.1, 0.15) is 36.7 Å². The van der Waals surface area contributed by atoms with Crippen LogP contribution in [0.2, 0.25) is 0 Å². The molecule has 2 aliphatic rings. The summed E-state index contributed by atoms with van der Waals surface area (Å²) in [6.07, 6.45) is 5.28. The predicted octanol–water partition coefficient (Wildman–Crippen LogP) is 0.211. The Morgan fingerprint density at radius 3 is 2.83 bits per heavy atom. The van der Waals surface area contributed by atoms with Crippen molar-refractivity contribution in [2.24, 2.45) is 0 Å². The number of hydrogen-bond acceptors (Lipinski definition) is 6. The summed E-state index contributed by atoms with van der Waals surface area (Å²) in [5.74, 6) is -0.0600. The van der Waals surface area contributed by atoms with Gasteiger partial charge in [-0.05, 0) is 39.3 Å². The van der Waals surface area contributed by atoms with Gasteiger partial charge in [-0.2, -0.15) is 0 Å². The molecule has 2 N–H and O–H groups in total. The molecule has 7 nitrogen and oxygen atoms in total. The third kappa shape index (κ3) is 3.22. The molecule has 126 valence electrons. The normalized spacial score (nSPS) is 30.4. The third-order valence-corrected chi connectivity index (χ3v) is 5.11. The lowest BCUT2D eigenvalue weighted by molar-refractivity contribution is -0.189. The summed E-state index contributed by atoms with van der Waals surface area (Å²) in [6, 6.07) is 1.64. The fourth-order valence-electron chi connectivity index (χ4n) is 3.51. The maximum Gasteiger partial charge on any atom is 0.272 e. The average molecular weight is 320 g/mol. The second kappa shape index (κ2) is 6.14. The number of nitrogens with zero attached hydrogens (tertiary/aromatic N) is 3. The van der Waals surface area contributed by atoms with Crippen LogP contribution in [0.25, 0.3) is 0 Å². The molecule has 0 unspecified atom stereocenters. The van der Waals surface area contributed by atoms with Crippen molar-refractivity contribution >= 4 is 5.91 Å². The summed E-state index contributed by atoms with van der Waals surface area (Å²) < 4.78 is 6.03. The Morgan fingerprint density at radius 1 is 1.48 bits per heavy atom. The van der Waals surface area contributed by atoms with Crippen LogP contribution in [-0.4, -0.2) is 69.9 Å². The number of carbonyl (C=O) groups excluding carboxylic acids is 1. The number of aliphatic hydroxyl groups is 1. The average Bonchev–Trinajstić information content (AvgIpc) is 2.58. The van der Waals surface area contributed by atoms with Crippen LogP contribution in [0, 0.1) is 0 Å². The monoisotopic (exact) mass is 320 g/mol. The van der Waals surface area contributed by atoms with Crippen LogP contribution in [0.5, 0.6) is 0 Å². The molecule has 0 bridgehead atoms. The number of likely N-dealkylation sites (N-methyl/N-ethyl adjacent to an activating group) is 1. The van der Waals surface area contributed by atoms with Crippen molar-refractivity contribution in [3.05, 3.63) is 24.3 Å². The van der Waals surface area contributed by atoms with Crippen molar-refractivity contribution in [2.75, 3.05) is 26.7 Å². The zero-order valence-electron chi connectivity index (χ0n) is 13.7. The van der Waals surface area contributed by atoms with E-state index in [4.69, 9.17) is 4.74 Å². The lowest BCUT2D eigenvalue weighted by Gasteiger charge is -2.50. The van der Waals surface area contributed by atoms with Gasteiger partial charge in [0.05, 0.1) is 12.2 Å². The van der Waals surface area contributed by atoms with Gasteiger partial charge < -0.3 is 20.1 Å². The molecule has 3 rings (SSSR count). The van der Waals surface area contributed by atoms with E-state index in [1.54, 1.807) is 19.2 Å². The van der Waals surface area contributed by atoms with Crippen LogP contribution < -0.4 is 5.32 Å². The van der Waals surface area contributed by atoms with E-state index in [0.29, 0.717) is 25.4 Å². The summed E-state index contributed by atoms with van der Waals surface area (Å²) in [5, 5.41) is 13.6. The van der Waals surface area contributed by atoms with E-state index in [-0.39, 0.29) is 17.6 Å². The summed E-state index contributed by atoms with van der Waals surface area (Å²) >= 11 is 0. The number of nitrogens with one attached hydrogen (secondary N) is 1. The van der Waals surface area contributed by atoms with E-state index >= 15 is 0 Å². The Kier molecular flexibility index (Phi) is 4.35. The molecule has 3 heterocycles. The molecule has 23 heavy (non-hydrogen) atoms. The van der Waals surface area contributed by atoms with Gasteiger partial charge in [0.25, 0.3) is 5.91 Å². The van der Waals surface area contributed by atoms with Crippen molar-refractivity contribution < 1.29 is 14.6 Å². The minimum Gasteiger partial charge on any atom is -0.386 e. The molecule has 0 saturated carbocycles. The Morgan fingerprint density at radius 2 is 2.22 bits per heavy atom. The largest absolute Gasteiger partial charge is 0.386 e. The zero-order chi connectivity index (χ0) is 16.5. The summed E-state index contributed by atoms with van der Waals surface area (Å²) in [6.45, 7) is 3.40. The van der Waals surface area contributed by atoms with Crippen LogP contribution in [0.4, 0.5) is 0 Å². The molecule has 1 spiro atoms. The highest BCUT2D eigenvalue weighted by Gasteiger charge is 2.48. The second-order valence-corrected chi connectivity index (χ2v) is 6.76. The van der Waals surface area contributed by atoms with Gasteiger partial charge in [-0.3, -0.25) is 4.79 Å². The van der Waals surface area contributed by atoms with Crippen molar-refractivity contribution in [1.82, 2.24) is 20.2 Å². The molecule has 2 atom stereocenters. The number of carbonyl (C=O) groups is 1. The smallest absolute Gasteiger partial charge is 0.272 e. The molecule has 1 amide bonds. The first-order valence-electron chi connectivity index (χ1n) is 8.05. The number of ether oxygens (including phenoxy) is 1. The molecule has 1 aromatic heterocycles. The van der Waals surface area contributed by atoms with E-state index in [1.165, 1.54) is 6.33 Å². The fourth-order valence-corrected chi connectivity index (χ4v) is 3.51. The number of aromatic nitrogens is 2. The molecule has 2 fully saturated rings. The summed E-state index contributed by atoms with van der Waals surface area (Å²) in [4.78, 5) is 22.1. The van der Waals surface area contributed by atoms with Gasteiger partial charge in [-0.15, -0.1) is 0 Å². The summed E-state index contributed by atoms with van der Waals surface area (Å²) in [7, 11) is 1.87. The van der Waals surface area contributed by atoms with E-state index in [9.17, 15) is 9.90 Å². The second-order valence-electron chi connectivity index (χ2n) is 6.76. The van der Waals surface area contributed by atoms with E-state index in [1.807, 2.05) is 11.9 Å². The first kappa shape index (κ1) is 16.3. The fraction of sp³-hybridized carbons (Fsp3) is 0.688. The standard InChI is InChI=1S/C16H24N4O3/c1-15(22)10-23-16(9-13(15)17-2)4-7-20(8-5-16)14(21)12-3-6-18-11-19-12/h3,6,11,13,17,22H,4-5,7-10H2,1-2H3/t13-,15-/m0/s1. The number of hydrogen-bond donors (Lipinski definition) is 2. The maximum atomic E-state index is 12.4. The highest BCUT2D eigenvalue weighted by molar-refractivity contribution is 5.92. The Bertz CT molecular complexity index is 556. The molecule has 7 heteroatoms. The van der Waals surface area contributed by atoms with Crippen molar-refractivity contribution in [2.45, 2.75) is 43.4 Å². The van der Waals surface area contributed by atoms with E-state index < -0.39 is 5.60 Å². The van der Waals surface area contributed by atoms with Gasteiger partial charge >= 0.3 is 0 Å². The molecule has 1 aromatic rings. The molecular weight excluding hydrogens is 296 g/mol. The zero-order valence-corrected chi connectivity index (χ0v) is 13.7. The number of rotatable bonds is 2. The first-order chi connectivity index (χ1) is 11.0. The number of amides is 1. The van der Waals surface area contributed by atoms with Gasteiger partial charge in [0, 0.05) is 25.3 Å². The Balaban J connectivity index is 1.63. The molecule has 2 saturated heterocycles. The van der Waals surface area contributed by atoms with Gasteiger partial charge in [0.15, 0.2) is 0 Å². The molecular formula is C16H24N4O3. The van der Waals surface area contributed by atoms with Crippen LogP contribution >= 0.6 is 0 Å². The summed E-state index contributed by atoms with van der Waals surface area (Å²) in [5.41, 5.74) is -0.678. The van der Waals surface area contributed by atoms with E-state index in [0.717, 1.165) is 19.3 Å². The number of likely N-dealkylation sites (tertiary alicyclic amines) is 1. The lowest BCUT2D eigenvalue weighted by Crippen LogP contribution is -2.62. The Labute approximate surface area is 136 Å². The van der Waals surface area contributed by atoms with Gasteiger partial charge in [0.2, 0.25) is 0 Å². The predicted molar refractivity (Wildman–Crippen MR) is 83.9 cm³/mol. The van der Waals surface area contributed by atoms with Crippen LogP contribution in [0.15, 0.2) is 18.6 Å². The molecule has 2 aliphatic heterocycles. The Hall–Kier alpha value is -1.57. The van der Waals surface area contributed by atoms with Gasteiger partial charge in [0.1, 0.15) is 17.6 Å². The van der Waals surface area contributed by atoms with Crippen LogP contribution in [-0.2, 0) is 4.74 Å². The van der Waals surface area contributed by atoms with Gasteiger partial charge in [-0.1, -0.05) is 0 Å². The van der Waals surface area contributed by atoms with Crippen molar-refractivity contribution in [1.29, 1.82) is 0 Å². The quantitative estimate of drug-likeness (QED) is 0.810. The maximum absolute atomic E-state index is 12.4. The highest BCUT2D eigenvalue weighted by Crippen LogP contribution is 2.38. The minimum atomic E-state index is -0.853. The number of piperidine rings is 1. The SMILES string of the molecule is CN[C@H]1CC2(CCN(C(=O)c3ccncn3)CC2)OC[C@]1(C)O. The van der Waals surface area contributed by atoms with Crippen molar-refractivity contribution in [3.8, 4) is 0 Å². The topological polar surface area (TPSA) is 87.6 Å². The molecule has 0 aromatic carbocycles. The van der Waals surface area contributed by atoms with Gasteiger partial charge in [-0.25, -0.2) is 9.97 Å². The lowest BCUT2D eigenvalue weighted by atomic mass is 9.77.